The summed E-state index contributed by atoms with van der Waals surface area (Å²) in [5.74, 6) is -1.43. The van der Waals surface area contributed by atoms with E-state index >= 15 is 0 Å². The molecule has 0 saturated heterocycles. The van der Waals surface area contributed by atoms with Crippen molar-refractivity contribution in [3.05, 3.63) is 48.2 Å². The Morgan fingerprint density at radius 1 is 1.04 bits per heavy atom. The third-order valence-corrected chi connectivity index (χ3v) is 4.49. The maximum Gasteiger partial charge on any atom is 0.314 e. The third kappa shape index (κ3) is 4.08. The van der Waals surface area contributed by atoms with Gasteiger partial charge in [-0.3, -0.25) is 14.7 Å². The summed E-state index contributed by atoms with van der Waals surface area (Å²) in [6.45, 7) is 7.92. The second-order valence-corrected chi connectivity index (χ2v) is 6.25. The number of rotatable bonds is 5. The van der Waals surface area contributed by atoms with Gasteiger partial charge in [-0.15, -0.1) is 0 Å². The zero-order chi connectivity index (χ0) is 19.4. The Hall–Kier alpha value is -3.35. The minimum absolute atomic E-state index is 0.528. The van der Waals surface area contributed by atoms with E-state index in [-0.39, 0.29) is 0 Å². The van der Waals surface area contributed by atoms with E-state index in [1.54, 1.807) is 18.3 Å². The summed E-state index contributed by atoms with van der Waals surface area (Å²) in [5.41, 5.74) is 3.93. The van der Waals surface area contributed by atoms with Crippen molar-refractivity contribution in [3.8, 4) is 0 Å². The maximum absolute atomic E-state index is 12.3. The first-order chi connectivity index (χ1) is 13.0. The van der Waals surface area contributed by atoms with E-state index in [9.17, 15) is 9.59 Å². The molecule has 2 aromatic carbocycles. The summed E-state index contributed by atoms with van der Waals surface area (Å²) in [6.07, 6.45) is 1.69. The lowest BCUT2D eigenvalue weighted by Crippen LogP contribution is -2.29. The average molecular weight is 365 g/mol. The van der Waals surface area contributed by atoms with E-state index in [0.717, 1.165) is 35.2 Å². The molecule has 3 N–H and O–H groups in total. The Morgan fingerprint density at radius 3 is 2.48 bits per heavy atom. The average Bonchev–Trinajstić information content (AvgIpc) is 3.12. The molecule has 0 aliphatic rings. The molecule has 0 bridgehead atoms. The van der Waals surface area contributed by atoms with E-state index < -0.39 is 11.8 Å². The number of nitrogens with one attached hydrogen (secondary N) is 3. The highest BCUT2D eigenvalue weighted by molar-refractivity contribution is 6.43. The molecule has 27 heavy (non-hydrogen) atoms. The Balaban J connectivity index is 1.67. The topological polar surface area (TPSA) is 90.1 Å². The number of H-pyrrole nitrogens is 1. The molecule has 7 heteroatoms. The van der Waals surface area contributed by atoms with Crippen LogP contribution >= 0.6 is 0 Å². The standard InChI is InChI=1S/C20H23N5O2/c1-4-25(5-2)16-8-9-17(13(3)10-16)23-20(27)19(26)22-15-7-6-14-12-21-24-18(14)11-15/h6-12H,4-5H2,1-3H3,(H,21,24)(H,22,26)(H,23,27). The minimum atomic E-state index is -0.721. The smallest absolute Gasteiger partial charge is 0.314 e. The van der Waals surface area contributed by atoms with Crippen LogP contribution in [0.5, 0.6) is 0 Å². The van der Waals surface area contributed by atoms with E-state index in [0.29, 0.717) is 11.4 Å². The Morgan fingerprint density at radius 2 is 1.78 bits per heavy atom. The van der Waals surface area contributed by atoms with Gasteiger partial charge < -0.3 is 15.5 Å². The lowest BCUT2D eigenvalue weighted by molar-refractivity contribution is -0.133. The van der Waals surface area contributed by atoms with E-state index in [4.69, 9.17) is 0 Å². The summed E-state index contributed by atoms with van der Waals surface area (Å²) in [4.78, 5) is 26.7. The number of carbonyl (C=O) groups excluding carboxylic acids is 2. The quantitative estimate of drug-likeness (QED) is 0.605. The molecule has 140 valence electrons. The normalized spacial score (nSPS) is 10.6. The molecule has 3 rings (SSSR count). The van der Waals surface area contributed by atoms with Gasteiger partial charge in [-0.2, -0.15) is 5.10 Å². The minimum Gasteiger partial charge on any atom is -0.372 e. The van der Waals surface area contributed by atoms with Crippen LogP contribution in [0.25, 0.3) is 10.9 Å². The summed E-state index contributed by atoms with van der Waals surface area (Å²) in [6, 6.07) is 11.1. The molecule has 0 saturated carbocycles. The second kappa shape index (κ2) is 7.90. The molecule has 7 nitrogen and oxygen atoms in total. The number of nitrogens with zero attached hydrogens (tertiary/aromatic N) is 2. The van der Waals surface area contributed by atoms with Crippen molar-refractivity contribution < 1.29 is 9.59 Å². The van der Waals surface area contributed by atoms with Crippen LogP contribution in [-0.4, -0.2) is 35.1 Å². The van der Waals surface area contributed by atoms with Gasteiger partial charge in [0.05, 0.1) is 11.7 Å². The van der Waals surface area contributed by atoms with Crippen LogP contribution in [-0.2, 0) is 9.59 Å². The predicted octanol–water partition coefficient (Wildman–Crippen LogP) is 3.29. The maximum atomic E-state index is 12.3. The van der Waals surface area contributed by atoms with Crippen molar-refractivity contribution in [1.29, 1.82) is 0 Å². The number of hydrogen-bond acceptors (Lipinski definition) is 4. The molecule has 0 fully saturated rings. The van der Waals surface area contributed by atoms with Gasteiger partial charge in [-0.05, 0) is 62.7 Å². The van der Waals surface area contributed by atoms with Crippen molar-refractivity contribution in [1.82, 2.24) is 10.2 Å². The van der Waals surface area contributed by atoms with Crippen LogP contribution in [0.3, 0.4) is 0 Å². The highest BCUT2D eigenvalue weighted by atomic mass is 16.2. The lowest BCUT2D eigenvalue weighted by atomic mass is 10.1. The number of aromatic amines is 1. The first-order valence-corrected chi connectivity index (χ1v) is 8.93. The molecule has 3 aromatic rings. The number of amides is 2. The highest BCUT2D eigenvalue weighted by Crippen LogP contribution is 2.23. The number of aryl methyl sites for hydroxylation is 1. The van der Waals surface area contributed by atoms with Crippen molar-refractivity contribution in [3.63, 3.8) is 0 Å². The molecule has 0 aliphatic heterocycles. The predicted molar refractivity (Wildman–Crippen MR) is 108 cm³/mol. The Labute approximate surface area is 157 Å². The summed E-state index contributed by atoms with van der Waals surface area (Å²) < 4.78 is 0. The fourth-order valence-electron chi connectivity index (χ4n) is 2.96. The Kier molecular flexibility index (Phi) is 5.40. The molecule has 2 amide bonds. The third-order valence-electron chi connectivity index (χ3n) is 4.49. The lowest BCUT2D eigenvalue weighted by Gasteiger charge is -2.22. The molecule has 0 atom stereocenters. The molecular weight excluding hydrogens is 342 g/mol. The fourth-order valence-corrected chi connectivity index (χ4v) is 2.96. The molecule has 0 aliphatic carbocycles. The summed E-state index contributed by atoms with van der Waals surface area (Å²) in [5, 5.41) is 13.0. The highest BCUT2D eigenvalue weighted by Gasteiger charge is 2.16. The molecule has 1 heterocycles. The van der Waals surface area contributed by atoms with Gasteiger partial charge in [-0.1, -0.05) is 0 Å². The van der Waals surface area contributed by atoms with Gasteiger partial charge in [0.1, 0.15) is 0 Å². The first kappa shape index (κ1) is 18.4. The van der Waals surface area contributed by atoms with E-state index in [2.05, 4.69) is 39.6 Å². The van der Waals surface area contributed by atoms with Crippen LogP contribution in [0.1, 0.15) is 19.4 Å². The number of fused-ring (bicyclic) bond motifs is 1. The van der Waals surface area contributed by atoms with Crippen LogP contribution in [0, 0.1) is 6.92 Å². The van der Waals surface area contributed by atoms with Gasteiger partial charge >= 0.3 is 11.8 Å². The number of benzene rings is 2. The van der Waals surface area contributed by atoms with E-state index in [1.165, 1.54) is 0 Å². The molecule has 0 spiro atoms. The largest absolute Gasteiger partial charge is 0.372 e. The number of carbonyl (C=O) groups is 2. The van der Waals surface area contributed by atoms with Gasteiger partial charge in [0.15, 0.2) is 0 Å². The van der Waals surface area contributed by atoms with Crippen LogP contribution < -0.4 is 15.5 Å². The molecular formula is C20H23N5O2. The fraction of sp³-hybridized carbons (Fsp3) is 0.250. The summed E-state index contributed by atoms with van der Waals surface area (Å²) >= 11 is 0. The SMILES string of the molecule is CCN(CC)c1ccc(NC(=O)C(=O)Nc2ccc3cn[nH]c3c2)c(C)c1. The zero-order valence-corrected chi connectivity index (χ0v) is 15.7. The van der Waals surface area contributed by atoms with Crippen molar-refractivity contribution >= 4 is 39.8 Å². The number of hydrogen-bond donors (Lipinski definition) is 3. The molecule has 1 aromatic heterocycles. The van der Waals surface area contributed by atoms with Gasteiger partial charge in [0, 0.05) is 35.5 Å². The van der Waals surface area contributed by atoms with Crippen LogP contribution in [0.15, 0.2) is 42.6 Å². The Bertz CT molecular complexity index is 975. The van der Waals surface area contributed by atoms with Gasteiger partial charge in [0.2, 0.25) is 0 Å². The van der Waals surface area contributed by atoms with Gasteiger partial charge in [0.25, 0.3) is 0 Å². The summed E-state index contributed by atoms with van der Waals surface area (Å²) in [7, 11) is 0. The monoisotopic (exact) mass is 365 g/mol. The zero-order valence-electron chi connectivity index (χ0n) is 15.7. The van der Waals surface area contributed by atoms with Crippen molar-refractivity contribution in [2.45, 2.75) is 20.8 Å². The number of anilines is 3. The van der Waals surface area contributed by atoms with Crippen LogP contribution in [0.4, 0.5) is 17.1 Å². The first-order valence-electron chi connectivity index (χ1n) is 8.93. The van der Waals surface area contributed by atoms with Crippen molar-refractivity contribution in [2.24, 2.45) is 0 Å². The van der Waals surface area contributed by atoms with Crippen LogP contribution in [0.2, 0.25) is 0 Å². The number of aromatic nitrogens is 2. The van der Waals surface area contributed by atoms with E-state index in [1.807, 2.05) is 31.2 Å². The molecule has 0 radical (unpaired) electrons. The second-order valence-electron chi connectivity index (χ2n) is 6.25. The van der Waals surface area contributed by atoms with Gasteiger partial charge in [-0.25, -0.2) is 0 Å². The van der Waals surface area contributed by atoms with Crippen molar-refractivity contribution in [2.75, 3.05) is 28.6 Å². The molecule has 0 unspecified atom stereocenters.